The van der Waals surface area contributed by atoms with E-state index in [9.17, 15) is 22.8 Å². The van der Waals surface area contributed by atoms with Gasteiger partial charge in [-0.15, -0.1) is 0 Å². The molecule has 24 heavy (non-hydrogen) atoms. The molecule has 7 heteroatoms. The minimum Gasteiger partial charge on any atom is -0.444 e. The molecule has 1 aliphatic rings. The van der Waals surface area contributed by atoms with Gasteiger partial charge in [0.15, 0.2) is 5.78 Å². The number of halogens is 3. The van der Waals surface area contributed by atoms with Crippen LogP contribution < -0.4 is 0 Å². The number of likely N-dealkylation sites (tertiary alicyclic amines) is 1. The summed E-state index contributed by atoms with van der Waals surface area (Å²) in [6, 6.07) is 5.09. The van der Waals surface area contributed by atoms with E-state index in [1.54, 1.807) is 20.8 Å². The van der Waals surface area contributed by atoms with E-state index >= 15 is 0 Å². The Morgan fingerprint density at radius 2 is 1.83 bits per heavy atom. The molecule has 4 nitrogen and oxygen atoms in total. The molecule has 0 radical (unpaired) electrons. The molecule has 2 rings (SSSR count). The lowest BCUT2D eigenvalue weighted by Crippen LogP contribution is -2.45. The third-order valence-electron chi connectivity index (χ3n) is 3.72. The minimum absolute atomic E-state index is 0.0289. The molecule has 1 heterocycles. The van der Waals surface area contributed by atoms with Gasteiger partial charge in [0.1, 0.15) is 5.60 Å². The lowest BCUT2D eigenvalue weighted by molar-refractivity contribution is -0.138. The Labute approximate surface area is 138 Å². The predicted octanol–water partition coefficient (Wildman–Crippen LogP) is 4.00. The number of Topliss-reactive ketones (excluding diaryl/α,β-unsaturated/α-hetero) is 1. The number of hydrogen-bond donors (Lipinski definition) is 0. The van der Waals surface area contributed by atoms with Crippen LogP contribution in [0.15, 0.2) is 24.3 Å². The second kappa shape index (κ2) is 6.45. The quantitative estimate of drug-likeness (QED) is 0.774. The second-order valence-corrected chi connectivity index (χ2v) is 6.79. The van der Waals surface area contributed by atoms with Gasteiger partial charge < -0.3 is 9.64 Å². The van der Waals surface area contributed by atoms with E-state index in [-0.39, 0.29) is 25.1 Å². The standard InChI is InChI=1S/C17H20F3NO3/c1-16(2,3)24-15(23)21-9-8-12(14(22)10-21)11-6-4-5-7-13(11)17(18,19)20/h4-7,12H,8-10H2,1-3H3/t12-/m1/s1. The first kappa shape index (κ1) is 18.3. The molecule has 0 saturated carbocycles. The molecule has 1 fully saturated rings. The van der Waals surface area contributed by atoms with E-state index in [0.29, 0.717) is 0 Å². The molecule has 0 aromatic heterocycles. The summed E-state index contributed by atoms with van der Waals surface area (Å²) in [4.78, 5) is 25.6. The maximum Gasteiger partial charge on any atom is 0.416 e. The van der Waals surface area contributed by atoms with Crippen LogP contribution in [-0.4, -0.2) is 35.5 Å². The Hall–Kier alpha value is -2.05. The highest BCUT2D eigenvalue weighted by molar-refractivity contribution is 5.91. The Balaban J connectivity index is 2.16. The fraction of sp³-hybridized carbons (Fsp3) is 0.529. The summed E-state index contributed by atoms with van der Waals surface area (Å²) in [5.74, 6) is -1.27. The predicted molar refractivity (Wildman–Crippen MR) is 81.6 cm³/mol. The van der Waals surface area contributed by atoms with Gasteiger partial charge in [-0.2, -0.15) is 13.2 Å². The largest absolute Gasteiger partial charge is 0.444 e. The highest BCUT2D eigenvalue weighted by atomic mass is 19.4. The van der Waals surface area contributed by atoms with Gasteiger partial charge in [-0.05, 0) is 38.8 Å². The van der Waals surface area contributed by atoms with Gasteiger partial charge in [0, 0.05) is 12.5 Å². The van der Waals surface area contributed by atoms with Crippen molar-refractivity contribution in [3.63, 3.8) is 0 Å². The normalized spacial score (nSPS) is 19.3. The van der Waals surface area contributed by atoms with E-state index in [2.05, 4.69) is 0 Å². The summed E-state index contributed by atoms with van der Waals surface area (Å²) < 4.78 is 44.6. The Morgan fingerprint density at radius 1 is 1.21 bits per heavy atom. The Bertz CT molecular complexity index is 635. The number of carbonyl (C=O) groups excluding carboxylic acids is 2. The van der Waals surface area contributed by atoms with Crippen LogP contribution in [0.1, 0.15) is 44.2 Å². The van der Waals surface area contributed by atoms with Gasteiger partial charge in [-0.1, -0.05) is 18.2 Å². The van der Waals surface area contributed by atoms with E-state index in [1.807, 2.05) is 0 Å². The molecule has 1 saturated heterocycles. The third kappa shape index (κ3) is 4.27. The summed E-state index contributed by atoms with van der Waals surface area (Å²) in [5.41, 5.74) is -1.52. The highest BCUT2D eigenvalue weighted by Gasteiger charge is 2.39. The first-order valence-electron chi connectivity index (χ1n) is 7.66. The van der Waals surface area contributed by atoms with Crippen molar-refractivity contribution in [1.82, 2.24) is 4.90 Å². The second-order valence-electron chi connectivity index (χ2n) is 6.79. The van der Waals surface area contributed by atoms with Crippen LogP contribution in [0.3, 0.4) is 0 Å². The van der Waals surface area contributed by atoms with Crippen molar-refractivity contribution in [2.75, 3.05) is 13.1 Å². The molecule has 1 aromatic rings. The molecule has 1 amide bonds. The summed E-state index contributed by atoms with van der Waals surface area (Å²) in [7, 11) is 0. The average molecular weight is 343 g/mol. The molecule has 1 atom stereocenters. The summed E-state index contributed by atoms with van der Waals surface area (Å²) in [5, 5.41) is 0. The number of alkyl halides is 3. The lowest BCUT2D eigenvalue weighted by atomic mass is 9.85. The number of nitrogens with zero attached hydrogens (tertiary/aromatic N) is 1. The van der Waals surface area contributed by atoms with E-state index in [0.717, 1.165) is 6.07 Å². The van der Waals surface area contributed by atoms with E-state index in [1.165, 1.54) is 23.1 Å². The lowest BCUT2D eigenvalue weighted by Gasteiger charge is -2.33. The van der Waals surface area contributed by atoms with Crippen LogP contribution in [0.4, 0.5) is 18.0 Å². The van der Waals surface area contributed by atoms with Crippen molar-refractivity contribution in [1.29, 1.82) is 0 Å². The molecule has 0 spiro atoms. The summed E-state index contributed by atoms with van der Waals surface area (Å²) >= 11 is 0. The summed E-state index contributed by atoms with van der Waals surface area (Å²) in [6.45, 7) is 5.06. The van der Waals surface area contributed by atoms with Gasteiger partial charge in [0.2, 0.25) is 0 Å². The molecular weight excluding hydrogens is 323 g/mol. The molecule has 0 aliphatic carbocycles. The van der Waals surface area contributed by atoms with Crippen molar-refractivity contribution in [3.8, 4) is 0 Å². The summed E-state index contributed by atoms with van der Waals surface area (Å²) in [6.07, 6.45) is -5.00. The van der Waals surface area contributed by atoms with Crippen molar-refractivity contribution in [2.45, 2.75) is 44.9 Å². The monoisotopic (exact) mass is 343 g/mol. The maximum absolute atomic E-state index is 13.1. The molecule has 0 unspecified atom stereocenters. The minimum atomic E-state index is -4.51. The zero-order valence-electron chi connectivity index (χ0n) is 13.8. The van der Waals surface area contributed by atoms with Gasteiger partial charge in [-0.25, -0.2) is 4.79 Å². The SMILES string of the molecule is CC(C)(C)OC(=O)N1CC[C@H](c2ccccc2C(F)(F)F)C(=O)C1. The number of ketones is 1. The zero-order chi connectivity index (χ0) is 18.1. The van der Waals surface area contributed by atoms with Crippen LogP contribution in [0.25, 0.3) is 0 Å². The van der Waals surface area contributed by atoms with Gasteiger partial charge in [0.05, 0.1) is 12.1 Å². The number of amides is 1. The number of ether oxygens (including phenoxy) is 1. The van der Waals surface area contributed by atoms with Crippen LogP contribution in [0, 0.1) is 0 Å². The zero-order valence-corrected chi connectivity index (χ0v) is 13.8. The van der Waals surface area contributed by atoms with Crippen LogP contribution >= 0.6 is 0 Å². The maximum atomic E-state index is 13.1. The Kier molecular flexibility index (Phi) is 4.92. The fourth-order valence-corrected chi connectivity index (χ4v) is 2.69. The smallest absolute Gasteiger partial charge is 0.416 e. The van der Waals surface area contributed by atoms with Crippen molar-refractivity contribution in [2.24, 2.45) is 0 Å². The van der Waals surface area contributed by atoms with E-state index in [4.69, 9.17) is 4.74 Å². The number of hydrogen-bond acceptors (Lipinski definition) is 3. The molecule has 0 bridgehead atoms. The number of benzene rings is 1. The topological polar surface area (TPSA) is 46.6 Å². The van der Waals surface area contributed by atoms with Gasteiger partial charge >= 0.3 is 12.3 Å². The Morgan fingerprint density at radius 3 is 2.38 bits per heavy atom. The van der Waals surface area contributed by atoms with Crippen molar-refractivity contribution in [3.05, 3.63) is 35.4 Å². The fourth-order valence-electron chi connectivity index (χ4n) is 2.69. The number of piperidine rings is 1. The van der Waals surface area contributed by atoms with Crippen LogP contribution in [0.2, 0.25) is 0 Å². The number of carbonyl (C=O) groups is 2. The third-order valence-corrected chi connectivity index (χ3v) is 3.72. The molecule has 1 aliphatic heterocycles. The van der Waals surface area contributed by atoms with Crippen molar-refractivity contribution >= 4 is 11.9 Å². The number of rotatable bonds is 1. The van der Waals surface area contributed by atoms with Gasteiger partial charge in [-0.3, -0.25) is 4.79 Å². The molecule has 0 N–H and O–H groups in total. The molecule has 1 aromatic carbocycles. The molecular formula is C17H20F3NO3. The average Bonchev–Trinajstić information content (AvgIpc) is 2.44. The van der Waals surface area contributed by atoms with Crippen LogP contribution in [0.5, 0.6) is 0 Å². The van der Waals surface area contributed by atoms with E-state index < -0.39 is 35.1 Å². The van der Waals surface area contributed by atoms with Crippen molar-refractivity contribution < 1.29 is 27.5 Å². The molecule has 132 valence electrons. The van der Waals surface area contributed by atoms with Crippen LogP contribution in [-0.2, 0) is 15.7 Å². The first-order chi connectivity index (χ1) is 11.0. The van der Waals surface area contributed by atoms with Gasteiger partial charge in [0.25, 0.3) is 0 Å². The first-order valence-corrected chi connectivity index (χ1v) is 7.66. The highest BCUT2D eigenvalue weighted by Crippen LogP contribution is 2.37.